The number of methoxy groups -OCH3 is 1. The van der Waals surface area contributed by atoms with Crippen LogP contribution in [-0.2, 0) is 16.0 Å². The molecule has 2 aromatic rings. The second-order valence-electron chi connectivity index (χ2n) is 5.79. The largest absolute Gasteiger partial charge is 0.497 e. The molecule has 2 aromatic carbocycles. The van der Waals surface area contributed by atoms with E-state index in [4.69, 9.17) is 9.47 Å². The highest BCUT2D eigenvalue weighted by molar-refractivity contribution is 5.76. The van der Waals surface area contributed by atoms with Gasteiger partial charge in [0.05, 0.1) is 13.0 Å². The Morgan fingerprint density at radius 1 is 1.05 bits per heavy atom. The number of hydrogen-bond donors (Lipinski definition) is 0. The standard InChI is InChI=1S/C19H20O3/c1-13-17(12-14-6-4-3-5-7-14)19(20)22-18(13)15-8-10-16(21-2)11-9-15/h3-11,13,17-18H,12H2,1-2H3/t13-,17?,18-/m1/s1. The summed E-state index contributed by atoms with van der Waals surface area (Å²) in [5.74, 6) is 0.773. The van der Waals surface area contributed by atoms with Crippen molar-refractivity contribution in [1.29, 1.82) is 0 Å². The van der Waals surface area contributed by atoms with Crippen LogP contribution in [0.15, 0.2) is 54.6 Å². The number of cyclic esters (lactones) is 1. The Morgan fingerprint density at radius 2 is 1.73 bits per heavy atom. The van der Waals surface area contributed by atoms with Crippen LogP contribution in [0.2, 0.25) is 0 Å². The fourth-order valence-electron chi connectivity index (χ4n) is 3.05. The van der Waals surface area contributed by atoms with Gasteiger partial charge in [0.1, 0.15) is 11.9 Å². The van der Waals surface area contributed by atoms with Crippen LogP contribution in [0.5, 0.6) is 5.75 Å². The summed E-state index contributed by atoms with van der Waals surface area (Å²) in [4.78, 5) is 12.2. The van der Waals surface area contributed by atoms with Crippen molar-refractivity contribution in [3.05, 3.63) is 65.7 Å². The number of rotatable bonds is 4. The minimum absolute atomic E-state index is 0.0884. The van der Waals surface area contributed by atoms with Gasteiger partial charge in [0.15, 0.2) is 0 Å². The van der Waals surface area contributed by atoms with Crippen LogP contribution in [0.25, 0.3) is 0 Å². The summed E-state index contributed by atoms with van der Waals surface area (Å²) in [6, 6.07) is 17.8. The predicted octanol–water partition coefficient (Wildman–Crippen LogP) is 3.79. The summed E-state index contributed by atoms with van der Waals surface area (Å²) in [5.41, 5.74) is 2.20. The maximum Gasteiger partial charge on any atom is 0.310 e. The van der Waals surface area contributed by atoms with Crippen LogP contribution in [0.4, 0.5) is 0 Å². The third kappa shape index (κ3) is 2.84. The second-order valence-corrected chi connectivity index (χ2v) is 5.79. The molecule has 22 heavy (non-hydrogen) atoms. The van der Waals surface area contributed by atoms with Crippen molar-refractivity contribution < 1.29 is 14.3 Å². The van der Waals surface area contributed by atoms with E-state index < -0.39 is 0 Å². The minimum Gasteiger partial charge on any atom is -0.497 e. The van der Waals surface area contributed by atoms with Gasteiger partial charge < -0.3 is 9.47 Å². The van der Waals surface area contributed by atoms with Crippen LogP contribution < -0.4 is 4.74 Å². The molecule has 1 fully saturated rings. The smallest absolute Gasteiger partial charge is 0.310 e. The lowest BCUT2D eigenvalue weighted by molar-refractivity contribution is -0.144. The first-order valence-corrected chi connectivity index (χ1v) is 7.57. The fourth-order valence-corrected chi connectivity index (χ4v) is 3.05. The number of ether oxygens (including phenoxy) is 2. The normalized spacial score (nSPS) is 24.1. The molecular formula is C19H20O3. The molecule has 1 unspecified atom stereocenters. The molecule has 1 heterocycles. The van der Waals surface area contributed by atoms with Gasteiger partial charge in [-0.05, 0) is 29.7 Å². The summed E-state index contributed by atoms with van der Waals surface area (Å²) >= 11 is 0. The lowest BCUT2D eigenvalue weighted by atomic mass is 9.85. The molecule has 1 saturated heterocycles. The van der Waals surface area contributed by atoms with Gasteiger partial charge in [-0.3, -0.25) is 4.79 Å². The average molecular weight is 296 g/mol. The van der Waals surface area contributed by atoms with E-state index in [1.807, 2.05) is 42.5 Å². The number of esters is 1. The van der Waals surface area contributed by atoms with Crippen LogP contribution in [-0.4, -0.2) is 13.1 Å². The maximum atomic E-state index is 12.2. The van der Waals surface area contributed by atoms with Crippen LogP contribution in [0, 0.1) is 11.8 Å². The molecule has 0 amide bonds. The minimum atomic E-state index is -0.174. The van der Waals surface area contributed by atoms with E-state index in [1.54, 1.807) is 7.11 Å². The molecule has 0 aliphatic carbocycles. The first kappa shape index (κ1) is 14.6. The SMILES string of the molecule is COc1ccc([C@@H]2OC(=O)C(Cc3ccccc3)[C@H]2C)cc1. The monoisotopic (exact) mass is 296 g/mol. The Morgan fingerprint density at radius 3 is 2.36 bits per heavy atom. The Bertz CT molecular complexity index is 633. The number of carbonyl (C=O) groups is 1. The van der Waals surface area contributed by atoms with Gasteiger partial charge in [-0.1, -0.05) is 49.4 Å². The van der Waals surface area contributed by atoms with Crippen molar-refractivity contribution in [1.82, 2.24) is 0 Å². The van der Waals surface area contributed by atoms with Crippen molar-refractivity contribution in [2.75, 3.05) is 7.11 Å². The summed E-state index contributed by atoms with van der Waals surface area (Å²) in [5, 5.41) is 0. The van der Waals surface area contributed by atoms with E-state index in [0.29, 0.717) is 0 Å². The molecule has 0 bridgehead atoms. The van der Waals surface area contributed by atoms with Gasteiger partial charge in [0.2, 0.25) is 0 Å². The van der Waals surface area contributed by atoms with Gasteiger partial charge in [0, 0.05) is 5.92 Å². The molecular weight excluding hydrogens is 276 g/mol. The quantitative estimate of drug-likeness (QED) is 0.805. The summed E-state index contributed by atoms with van der Waals surface area (Å²) in [7, 11) is 1.64. The van der Waals surface area contributed by atoms with Gasteiger partial charge in [-0.2, -0.15) is 0 Å². The van der Waals surface area contributed by atoms with E-state index in [-0.39, 0.29) is 23.9 Å². The lowest BCUT2D eigenvalue weighted by Gasteiger charge is -2.17. The Kier molecular flexibility index (Phi) is 4.14. The zero-order valence-electron chi connectivity index (χ0n) is 12.9. The van der Waals surface area contributed by atoms with Crippen LogP contribution in [0.3, 0.4) is 0 Å². The predicted molar refractivity (Wildman–Crippen MR) is 84.6 cm³/mol. The van der Waals surface area contributed by atoms with Crippen molar-refractivity contribution in [3.8, 4) is 5.75 Å². The molecule has 3 rings (SSSR count). The van der Waals surface area contributed by atoms with E-state index in [2.05, 4.69) is 19.1 Å². The van der Waals surface area contributed by atoms with Gasteiger partial charge in [-0.25, -0.2) is 0 Å². The van der Waals surface area contributed by atoms with Gasteiger partial charge in [-0.15, -0.1) is 0 Å². The third-order valence-electron chi connectivity index (χ3n) is 4.40. The molecule has 1 aliphatic heterocycles. The fraction of sp³-hybridized carbons (Fsp3) is 0.316. The zero-order valence-corrected chi connectivity index (χ0v) is 12.9. The first-order chi connectivity index (χ1) is 10.7. The van der Waals surface area contributed by atoms with Crippen molar-refractivity contribution in [2.45, 2.75) is 19.4 Å². The van der Waals surface area contributed by atoms with E-state index in [9.17, 15) is 4.79 Å². The van der Waals surface area contributed by atoms with E-state index in [1.165, 1.54) is 5.56 Å². The number of benzene rings is 2. The van der Waals surface area contributed by atoms with Gasteiger partial charge >= 0.3 is 5.97 Å². The highest BCUT2D eigenvalue weighted by Gasteiger charge is 2.42. The Hall–Kier alpha value is -2.29. The second kappa shape index (κ2) is 6.22. The molecule has 3 heteroatoms. The van der Waals surface area contributed by atoms with Crippen molar-refractivity contribution in [2.24, 2.45) is 11.8 Å². The molecule has 0 radical (unpaired) electrons. The average Bonchev–Trinajstić information content (AvgIpc) is 2.84. The van der Waals surface area contributed by atoms with Crippen LogP contribution >= 0.6 is 0 Å². The topological polar surface area (TPSA) is 35.5 Å². The van der Waals surface area contributed by atoms with E-state index in [0.717, 1.165) is 17.7 Å². The third-order valence-corrected chi connectivity index (χ3v) is 4.40. The molecule has 1 aliphatic rings. The maximum absolute atomic E-state index is 12.2. The number of carbonyl (C=O) groups excluding carboxylic acids is 1. The molecule has 0 saturated carbocycles. The molecule has 3 atom stereocenters. The summed E-state index contributed by atoms with van der Waals surface area (Å²) in [6.07, 6.45) is 0.556. The zero-order chi connectivity index (χ0) is 15.5. The molecule has 3 nitrogen and oxygen atoms in total. The summed E-state index contributed by atoms with van der Waals surface area (Å²) < 4.78 is 10.8. The Balaban J connectivity index is 1.77. The molecule has 114 valence electrons. The summed E-state index contributed by atoms with van der Waals surface area (Å²) in [6.45, 7) is 2.09. The Labute approximate surface area is 130 Å². The number of hydrogen-bond acceptors (Lipinski definition) is 3. The first-order valence-electron chi connectivity index (χ1n) is 7.57. The van der Waals surface area contributed by atoms with E-state index >= 15 is 0 Å². The molecule has 0 N–H and O–H groups in total. The highest BCUT2D eigenvalue weighted by Crippen LogP contribution is 2.40. The molecule has 0 spiro atoms. The van der Waals surface area contributed by atoms with Gasteiger partial charge in [0.25, 0.3) is 0 Å². The highest BCUT2D eigenvalue weighted by atomic mass is 16.6. The lowest BCUT2D eigenvalue weighted by Crippen LogP contribution is -2.17. The van der Waals surface area contributed by atoms with Crippen molar-refractivity contribution >= 4 is 5.97 Å². The molecule has 0 aromatic heterocycles. The van der Waals surface area contributed by atoms with Crippen LogP contribution in [0.1, 0.15) is 24.2 Å². The van der Waals surface area contributed by atoms with Crippen molar-refractivity contribution in [3.63, 3.8) is 0 Å².